The Balaban J connectivity index is 0.000000819. The quantitative estimate of drug-likeness (QED) is 0.291. The first-order valence-electron chi connectivity index (χ1n) is 10.2. The first kappa shape index (κ1) is 27.3. The van der Waals surface area contributed by atoms with E-state index in [4.69, 9.17) is 24.2 Å². The number of rotatable bonds is 9. The highest BCUT2D eigenvalue weighted by molar-refractivity contribution is 5.91. The van der Waals surface area contributed by atoms with Crippen LogP contribution in [0.4, 0.5) is 0 Å². The number of oxazole rings is 1. The van der Waals surface area contributed by atoms with Gasteiger partial charge in [-0.05, 0) is 26.3 Å². The fourth-order valence-electron chi connectivity index (χ4n) is 3.40. The van der Waals surface area contributed by atoms with Crippen LogP contribution in [0.1, 0.15) is 36.2 Å². The number of imidazole rings is 1. The second-order valence-corrected chi connectivity index (χ2v) is 7.05. The molecule has 3 rings (SSSR count). The van der Waals surface area contributed by atoms with Gasteiger partial charge in [0.2, 0.25) is 5.91 Å². The molecule has 0 saturated carbocycles. The molecule has 33 heavy (non-hydrogen) atoms. The van der Waals surface area contributed by atoms with Crippen molar-refractivity contribution in [2.75, 3.05) is 20.1 Å². The van der Waals surface area contributed by atoms with Crippen molar-refractivity contribution in [2.45, 2.75) is 44.3 Å². The van der Waals surface area contributed by atoms with Gasteiger partial charge in [-0.25, -0.2) is 9.97 Å². The summed E-state index contributed by atoms with van der Waals surface area (Å²) in [6.45, 7) is 1.53. The van der Waals surface area contributed by atoms with E-state index in [0.717, 1.165) is 25.8 Å². The van der Waals surface area contributed by atoms with Gasteiger partial charge < -0.3 is 29.8 Å². The van der Waals surface area contributed by atoms with Gasteiger partial charge in [0.05, 0.1) is 6.33 Å². The molecule has 13 heteroatoms. The summed E-state index contributed by atoms with van der Waals surface area (Å²) in [5.41, 5.74) is 0.280. The van der Waals surface area contributed by atoms with Gasteiger partial charge in [0, 0.05) is 50.5 Å². The van der Waals surface area contributed by atoms with Gasteiger partial charge in [0.1, 0.15) is 6.26 Å². The number of carbonyl (C=O) groups is 4. The van der Waals surface area contributed by atoms with Crippen molar-refractivity contribution in [3.63, 3.8) is 0 Å². The van der Waals surface area contributed by atoms with Crippen LogP contribution in [0.25, 0.3) is 0 Å². The summed E-state index contributed by atoms with van der Waals surface area (Å²) in [6.07, 6.45) is 11.3. The fraction of sp³-hybridized carbons (Fsp3) is 0.500. The van der Waals surface area contributed by atoms with E-state index < -0.39 is 0 Å². The molecule has 1 aliphatic rings. The van der Waals surface area contributed by atoms with Crippen molar-refractivity contribution in [3.05, 3.63) is 37.1 Å². The average Bonchev–Trinajstić information content (AvgIpc) is 3.55. The van der Waals surface area contributed by atoms with Gasteiger partial charge in [0.15, 0.2) is 12.1 Å². The Kier molecular flexibility index (Phi) is 13.2. The molecule has 0 radical (unpaired) electrons. The maximum atomic E-state index is 12.2. The van der Waals surface area contributed by atoms with Crippen LogP contribution >= 0.6 is 0 Å². The van der Waals surface area contributed by atoms with Crippen LogP contribution in [0.3, 0.4) is 0 Å². The molecule has 0 unspecified atom stereocenters. The number of aryl methyl sites for hydroxylation is 1. The predicted molar refractivity (Wildman–Crippen MR) is 115 cm³/mol. The molecule has 2 amide bonds. The molecule has 0 spiro atoms. The Morgan fingerprint density at radius 3 is 2.52 bits per heavy atom. The Bertz CT molecular complexity index is 807. The van der Waals surface area contributed by atoms with Crippen LogP contribution in [-0.4, -0.2) is 86.6 Å². The molecule has 1 aliphatic heterocycles. The van der Waals surface area contributed by atoms with Gasteiger partial charge in [-0.15, -0.1) is 0 Å². The van der Waals surface area contributed by atoms with Gasteiger partial charge in [0.25, 0.3) is 18.9 Å². The molecule has 3 heterocycles. The Morgan fingerprint density at radius 2 is 1.91 bits per heavy atom. The highest BCUT2D eigenvalue weighted by Gasteiger charge is 2.31. The monoisotopic (exact) mass is 466 g/mol. The second-order valence-electron chi connectivity index (χ2n) is 7.05. The Morgan fingerprint density at radius 1 is 1.21 bits per heavy atom. The summed E-state index contributed by atoms with van der Waals surface area (Å²) in [5, 5.41) is 19.6. The average molecular weight is 466 g/mol. The molecule has 0 aliphatic carbocycles. The van der Waals surface area contributed by atoms with Gasteiger partial charge >= 0.3 is 0 Å². The number of nitrogens with zero attached hydrogens (tertiary/aromatic N) is 4. The molecule has 2 aromatic heterocycles. The topological polar surface area (TPSA) is 180 Å². The van der Waals surface area contributed by atoms with Crippen molar-refractivity contribution in [1.82, 2.24) is 30.1 Å². The van der Waals surface area contributed by atoms with Crippen molar-refractivity contribution < 1.29 is 33.8 Å². The number of carbonyl (C=O) groups excluding carboxylic acids is 2. The third kappa shape index (κ3) is 10.4. The summed E-state index contributed by atoms with van der Waals surface area (Å²) < 4.78 is 6.81. The minimum absolute atomic E-state index is 0.0739. The van der Waals surface area contributed by atoms with Gasteiger partial charge in [-0.1, -0.05) is 0 Å². The van der Waals surface area contributed by atoms with Crippen LogP contribution in [0.5, 0.6) is 0 Å². The highest BCUT2D eigenvalue weighted by Crippen LogP contribution is 2.24. The number of amides is 2. The van der Waals surface area contributed by atoms with E-state index in [1.807, 2.05) is 17.8 Å². The van der Waals surface area contributed by atoms with E-state index in [1.165, 1.54) is 12.7 Å². The van der Waals surface area contributed by atoms with Gasteiger partial charge in [-0.3, -0.25) is 24.1 Å². The summed E-state index contributed by atoms with van der Waals surface area (Å²) in [4.78, 5) is 50.9. The van der Waals surface area contributed by atoms with E-state index >= 15 is 0 Å². The third-order valence-corrected chi connectivity index (χ3v) is 5.04. The Labute approximate surface area is 190 Å². The molecule has 2 aromatic rings. The zero-order valence-corrected chi connectivity index (χ0v) is 18.4. The molecule has 1 saturated heterocycles. The largest absolute Gasteiger partial charge is 0.483 e. The lowest BCUT2D eigenvalue weighted by Crippen LogP contribution is -2.42. The van der Waals surface area contributed by atoms with E-state index in [9.17, 15) is 9.59 Å². The number of hydrogen-bond donors (Lipinski definition) is 4. The fourth-order valence-corrected chi connectivity index (χ4v) is 3.40. The summed E-state index contributed by atoms with van der Waals surface area (Å²) >= 11 is 0. The van der Waals surface area contributed by atoms with Crippen molar-refractivity contribution >= 4 is 24.8 Å². The molecular formula is C20H30N6O7. The first-order chi connectivity index (χ1) is 16.0. The molecule has 4 N–H and O–H groups in total. The van der Waals surface area contributed by atoms with Crippen LogP contribution in [0, 0.1) is 0 Å². The Hall–Kier alpha value is -3.74. The molecule has 0 aromatic carbocycles. The van der Waals surface area contributed by atoms with E-state index in [-0.39, 0.29) is 42.5 Å². The number of hydrogen-bond acceptors (Lipinski definition) is 8. The summed E-state index contributed by atoms with van der Waals surface area (Å²) in [6, 6.07) is 0.424. The molecule has 2 atom stereocenters. The number of carboxylic acid groups (broad SMARTS) is 2. The van der Waals surface area contributed by atoms with E-state index in [0.29, 0.717) is 19.5 Å². The van der Waals surface area contributed by atoms with Crippen molar-refractivity contribution in [1.29, 1.82) is 0 Å². The SMILES string of the molecule is CN1[C@@H](CC(=O)NCCCn2ccnc2)CC[C@H]1CNC(=O)c1cocn1.O=CO.O=CO. The maximum Gasteiger partial charge on any atom is 0.290 e. The van der Waals surface area contributed by atoms with Crippen LogP contribution < -0.4 is 10.6 Å². The van der Waals surface area contributed by atoms with Crippen molar-refractivity contribution in [2.24, 2.45) is 0 Å². The minimum Gasteiger partial charge on any atom is -0.483 e. The number of nitrogens with one attached hydrogen (secondary N) is 2. The summed E-state index contributed by atoms with van der Waals surface area (Å²) in [7, 11) is 2.01. The van der Waals surface area contributed by atoms with Crippen LogP contribution in [-0.2, 0) is 20.9 Å². The maximum absolute atomic E-state index is 12.2. The summed E-state index contributed by atoms with van der Waals surface area (Å²) in [5.74, 6) is -0.166. The normalized spacial score (nSPS) is 17.0. The second kappa shape index (κ2) is 16.0. The first-order valence-corrected chi connectivity index (χ1v) is 10.2. The third-order valence-electron chi connectivity index (χ3n) is 5.04. The minimum atomic E-state index is -0.250. The van der Waals surface area contributed by atoms with Crippen LogP contribution in [0.2, 0.25) is 0 Å². The highest BCUT2D eigenvalue weighted by atomic mass is 16.3. The lowest BCUT2D eigenvalue weighted by Gasteiger charge is -2.25. The van der Waals surface area contributed by atoms with Crippen LogP contribution in [0.15, 0.2) is 35.8 Å². The lowest BCUT2D eigenvalue weighted by atomic mass is 10.1. The van der Waals surface area contributed by atoms with Gasteiger partial charge in [-0.2, -0.15) is 0 Å². The predicted octanol–water partition coefficient (Wildman–Crippen LogP) is 0.0619. The number of aromatic nitrogens is 3. The molecule has 1 fully saturated rings. The molecule has 13 nitrogen and oxygen atoms in total. The van der Waals surface area contributed by atoms with E-state index in [2.05, 4.69) is 25.5 Å². The van der Waals surface area contributed by atoms with Crippen molar-refractivity contribution in [3.8, 4) is 0 Å². The zero-order valence-electron chi connectivity index (χ0n) is 18.4. The number of likely N-dealkylation sites (tertiary alicyclic amines) is 1. The molecule has 0 bridgehead atoms. The molecular weight excluding hydrogens is 436 g/mol. The standard InChI is InChI=1S/C18H26N6O3.2CH2O2/c1-23-14(9-17(25)20-5-2-7-24-8-6-19-12-24)3-4-15(23)10-21-18(26)16-11-27-13-22-16;2*2-1-3/h6,8,11-15H,2-5,7,9-10H2,1H3,(H,20,25)(H,21,26);2*1H,(H,2,3)/t14-,15+;;/m1../s1. The number of likely N-dealkylation sites (N-methyl/N-ethyl adjacent to an activating group) is 1. The lowest BCUT2D eigenvalue weighted by molar-refractivity contribution is -0.123. The molecule has 182 valence electrons. The van der Waals surface area contributed by atoms with E-state index in [1.54, 1.807) is 12.5 Å². The zero-order chi connectivity index (χ0) is 24.5. The smallest absolute Gasteiger partial charge is 0.290 e.